The zero-order valence-corrected chi connectivity index (χ0v) is 19.2. The largest absolute Gasteiger partial charge is 0.384 e. The minimum absolute atomic E-state index is 0. The van der Waals surface area contributed by atoms with Crippen LogP contribution < -0.4 is 15.5 Å². The predicted octanol–water partition coefficient (Wildman–Crippen LogP) is 3.73. The van der Waals surface area contributed by atoms with Gasteiger partial charge < -0.3 is 15.5 Å². The fourth-order valence-electron chi connectivity index (χ4n) is 3.31. The van der Waals surface area contributed by atoms with Crippen molar-refractivity contribution in [2.24, 2.45) is 0 Å². The molecule has 1 aliphatic rings. The van der Waals surface area contributed by atoms with Crippen LogP contribution in [-0.2, 0) is 16.3 Å². The number of nitrogens with one attached hydrogen (secondary N) is 2. The highest BCUT2D eigenvalue weighted by Gasteiger charge is 2.17. The van der Waals surface area contributed by atoms with Crippen LogP contribution in [0.5, 0.6) is 0 Å². The lowest BCUT2D eigenvalue weighted by atomic mass is 10.1. The van der Waals surface area contributed by atoms with Gasteiger partial charge in [0.05, 0.1) is 10.6 Å². The molecule has 1 aliphatic heterocycles. The molecule has 2 N–H and O–H groups in total. The molecule has 2 aromatic carbocycles. The summed E-state index contributed by atoms with van der Waals surface area (Å²) < 4.78 is 25.4. The van der Waals surface area contributed by atoms with Crippen molar-refractivity contribution in [3.05, 3.63) is 52.5 Å². The van der Waals surface area contributed by atoms with E-state index in [2.05, 4.69) is 43.6 Å². The normalized spacial score (nSPS) is 14.4. The molecule has 1 heterocycles. The van der Waals surface area contributed by atoms with E-state index in [1.54, 1.807) is 6.07 Å². The molecule has 0 aliphatic carbocycles. The Kier molecular flexibility index (Phi) is 8.61. The van der Waals surface area contributed by atoms with Crippen LogP contribution in [0.25, 0.3) is 0 Å². The van der Waals surface area contributed by atoms with Crippen molar-refractivity contribution in [1.29, 1.82) is 0 Å². The zero-order valence-electron chi connectivity index (χ0n) is 15.9. The molecule has 0 bridgehead atoms. The number of halogens is 2. The number of sulfone groups is 1. The monoisotopic (exact) mass is 487 g/mol. The molecule has 2 aromatic rings. The third kappa shape index (κ3) is 6.37. The number of anilines is 2. The van der Waals surface area contributed by atoms with E-state index in [4.69, 9.17) is 0 Å². The van der Waals surface area contributed by atoms with E-state index >= 15 is 0 Å². The number of aryl methyl sites for hydroxylation is 1. The van der Waals surface area contributed by atoms with E-state index in [1.165, 1.54) is 11.8 Å². The maximum atomic E-state index is 12.2. The second-order valence-corrected chi connectivity index (χ2v) is 9.75. The van der Waals surface area contributed by atoms with Gasteiger partial charge >= 0.3 is 0 Å². The first kappa shape index (κ1) is 23.0. The van der Waals surface area contributed by atoms with Gasteiger partial charge in [-0.2, -0.15) is 0 Å². The first-order valence-corrected chi connectivity index (χ1v) is 11.9. The van der Waals surface area contributed by atoms with E-state index < -0.39 is 9.84 Å². The average molecular weight is 489 g/mol. The summed E-state index contributed by atoms with van der Waals surface area (Å²) in [6, 6.07) is 13.9. The van der Waals surface area contributed by atoms with Crippen molar-refractivity contribution in [2.75, 3.05) is 49.2 Å². The molecule has 0 amide bonds. The van der Waals surface area contributed by atoms with Crippen molar-refractivity contribution < 1.29 is 8.42 Å². The first-order valence-electron chi connectivity index (χ1n) is 9.21. The van der Waals surface area contributed by atoms with E-state index in [-0.39, 0.29) is 12.4 Å². The highest BCUT2D eigenvalue weighted by molar-refractivity contribution is 9.10. The zero-order chi connectivity index (χ0) is 19.3. The van der Waals surface area contributed by atoms with Gasteiger partial charge in [-0.15, -0.1) is 12.4 Å². The van der Waals surface area contributed by atoms with Gasteiger partial charge in [0, 0.05) is 49.1 Å². The van der Waals surface area contributed by atoms with Gasteiger partial charge in [0.1, 0.15) is 0 Å². The predicted molar refractivity (Wildman–Crippen MR) is 123 cm³/mol. The van der Waals surface area contributed by atoms with Gasteiger partial charge in [-0.1, -0.05) is 28.1 Å². The van der Waals surface area contributed by atoms with Crippen LogP contribution in [0.2, 0.25) is 0 Å². The first-order chi connectivity index (χ1) is 12.9. The van der Waals surface area contributed by atoms with E-state index in [0.717, 1.165) is 55.7 Å². The molecule has 28 heavy (non-hydrogen) atoms. The molecule has 1 fully saturated rings. The molecule has 8 heteroatoms. The van der Waals surface area contributed by atoms with Gasteiger partial charge in [-0.25, -0.2) is 8.42 Å². The van der Waals surface area contributed by atoms with Crippen LogP contribution >= 0.6 is 28.3 Å². The Labute approximate surface area is 182 Å². The van der Waals surface area contributed by atoms with E-state index in [0.29, 0.717) is 10.6 Å². The summed E-state index contributed by atoms with van der Waals surface area (Å²) in [6.45, 7) is 4.48. The molecule has 0 radical (unpaired) electrons. The minimum Gasteiger partial charge on any atom is -0.384 e. The van der Waals surface area contributed by atoms with Crippen molar-refractivity contribution >= 4 is 49.5 Å². The fraction of sp³-hybridized carbons (Fsp3) is 0.400. The number of hydrogen-bond acceptors (Lipinski definition) is 5. The Morgan fingerprint density at radius 1 is 1.14 bits per heavy atom. The standard InChI is InChI=1S/C20H26BrN3O2S.ClH/c1-27(25,26)20-8-7-18(24-12-10-22-11-13-24)15-19(20)23-9-3-5-16-4-2-6-17(21)14-16;/h2,4,6-8,14-15,22-23H,3,5,9-13H2,1H3;1H. The van der Waals surface area contributed by atoms with Gasteiger partial charge in [0.25, 0.3) is 0 Å². The lowest BCUT2D eigenvalue weighted by Gasteiger charge is -2.30. The molecule has 0 aromatic heterocycles. The lowest BCUT2D eigenvalue weighted by molar-refractivity contribution is 0.589. The molecule has 154 valence electrons. The maximum absolute atomic E-state index is 12.2. The fourth-order valence-corrected chi connectivity index (χ4v) is 4.60. The van der Waals surface area contributed by atoms with Crippen molar-refractivity contribution in [3.63, 3.8) is 0 Å². The SMILES string of the molecule is CS(=O)(=O)c1ccc(N2CCNCC2)cc1NCCCc1cccc(Br)c1.Cl. The van der Waals surface area contributed by atoms with Gasteiger partial charge in [-0.3, -0.25) is 0 Å². The Balaban J connectivity index is 0.00000280. The number of piperazine rings is 1. The number of benzene rings is 2. The van der Waals surface area contributed by atoms with Crippen LogP contribution in [0.3, 0.4) is 0 Å². The van der Waals surface area contributed by atoms with Crippen molar-refractivity contribution in [3.8, 4) is 0 Å². The molecule has 0 saturated carbocycles. The van der Waals surface area contributed by atoms with E-state index in [9.17, 15) is 8.42 Å². The summed E-state index contributed by atoms with van der Waals surface area (Å²) in [7, 11) is -3.28. The molecule has 0 spiro atoms. The van der Waals surface area contributed by atoms with Gasteiger partial charge in [0.2, 0.25) is 0 Å². The topological polar surface area (TPSA) is 61.4 Å². The maximum Gasteiger partial charge on any atom is 0.177 e. The third-order valence-corrected chi connectivity index (χ3v) is 6.34. The number of hydrogen-bond donors (Lipinski definition) is 2. The Morgan fingerprint density at radius 2 is 1.89 bits per heavy atom. The quantitative estimate of drug-likeness (QED) is 0.582. The lowest BCUT2D eigenvalue weighted by Crippen LogP contribution is -2.43. The Bertz CT molecular complexity index is 887. The minimum atomic E-state index is -3.28. The Morgan fingerprint density at radius 3 is 2.57 bits per heavy atom. The molecule has 0 unspecified atom stereocenters. The van der Waals surface area contributed by atoms with Crippen LogP contribution in [0.1, 0.15) is 12.0 Å². The van der Waals surface area contributed by atoms with Gasteiger partial charge in [0.15, 0.2) is 9.84 Å². The van der Waals surface area contributed by atoms with Crippen LogP contribution in [-0.4, -0.2) is 47.4 Å². The number of nitrogens with zero attached hydrogens (tertiary/aromatic N) is 1. The highest BCUT2D eigenvalue weighted by Crippen LogP contribution is 2.28. The second kappa shape index (κ2) is 10.5. The van der Waals surface area contributed by atoms with E-state index in [1.807, 2.05) is 24.3 Å². The molecular weight excluding hydrogens is 462 g/mol. The smallest absolute Gasteiger partial charge is 0.177 e. The second-order valence-electron chi connectivity index (χ2n) is 6.85. The van der Waals surface area contributed by atoms with Crippen LogP contribution in [0.4, 0.5) is 11.4 Å². The summed E-state index contributed by atoms with van der Waals surface area (Å²) in [5.74, 6) is 0. The molecule has 0 atom stereocenters. The molecule has 1 saturated heterocycles. The summed E-state index contributed by atoms with van der Waals surface area (Å²) in [6.07, 6.45) is 3.13. The van der Waals surface area contributed by atoms with Crippen molar-refractivity contribution in [1.82, 2.24) is 5.32 Å². The summed E-state index contributed by atoms with van der Waals surface area (Å²) in [5, 5.41) is 6.69. The van der Waals surface area contributed by atoms with Gasteiger partial charge in [-0.05, 0) is 48.7 Å². The summed E-state index contributed by atoms with van der Waals surface area (Å²) >= 11 is 3.49. The van der Waals surface area contributed by atoms with Crippen molar-refractivity contribution in [2.45, 2.75) is 17.7 Å². The number of rotatable bonds is 7. The average Bonchev–Trinajstić information content (AvgIpc) is 2.65. The summed E-state index contributed by atoms with van der Waals surface area (Å²) in [5.41, 5.74) is 3.03. The molecule has 5 nitrogen and oxygen atoms in total. The van der Waals surface area contributed by atoms with Crippen LogP contribution in [0, 0.1) is 0 Å². The Hall–Kier alpha value is -1.28. The molecular formula is C20H27BrClN3O2S. The summed E-state index contributed by atoms with van der Waals surface area (Å²) in [4.78, 5) is 2.65. The van der Waals surface area contributed by atoms with Crippen LogP contribution in [0.15, 0.2) is 51.8 Å². The highest BCUT2D eigenvalue weighted by atomic mass is 79.9. The molecule has 3 rings (SSSR count). The third-order valence-electron chi connectivity index (χ3n) is 4.69.